The molecule has 3 heterocycles. The number of benzene rings is 2. The Kier molecular flexibility index (Phi) is 6.28. The first-order valence-corrected chi connectivity index (χ1v) is 12.2. The van der Waals surface area contributed by atoms with E-state index in [1.165, 1.54) is 11.3 Å². The summed E-state index contributed by atoms with van der Waals surface area (Å²) in [7, 11) is 0. The van der Waals surface area contributed by atoms with E-state index in [1.807, 2.05) is 32.0 Å². The van der Waals surface area contributed by atoms with Crippen LogP contribution in [-0.4, -0.2) is 30.8 Å². The number of rotatable bonds is 4. The van der Waals surface area contributed by atoms with Crippen molar-refractivity contribution in [2.75, 3.05) is 5.32 Å². The molecule has 2 aromatic carbocycles. The minimum absolute atomic E-state index is 0.0933. The van der Waals surface area contributed by atoms with Crippen LogP contribution in [0.3, 0.4) is 0 Å². The number of carbonyl (C=O) groups is 1. The van der Waals surface area contributed by atoms with Gasteiger partial charge in [0, 0.05) is 21.8 Å². The summed E-state index contributed by atoms with van der Waals surface area (Å²) in [4.78, 5) is 13.4. The minimum Gasteiger partial charge on any atom is -0.451 e. The fourth-order valence-electron chi connectivity index (χ4n) is 3.33. The van der Waals surface area contributed by atoms with E-state index in [4.69, 9.17) is 39.8 Å². The fourth-order valence-corrected chi connectivity index (χ4v) is 4.92. The molecule has 8 nitrogen and oxygen atoms in total. The van der Waals surface area contributed by atoms with Crippen LogP contribution in [0.2, 0.25) is 10.0 Å². The first kappa shape index (κ1) is 23.4. The van der Waals surface area contributed by atoms with Crippen molar-refractivity contribution in [1.82, 2.24) is 25.1 Å². The van der Waals surface area contributed by atoms with Gasteiger partial charge < -0.3 is 9.73 Å². The van der Waals surface area contributed by atoms with Crippen molar-refractivity contribution >= 4 is 68.4 Å². The molecule has 1 amide bonds. The van der Waals surface area contributed by atoms with Crippen molar-refractivity contribution in [2.24, 2.45) is 0 Å². The van der Waals surface area contributed by atoms with E-state index in [0.29, 0.717) is 26.3 Å². The van der Waals surface area contributed by atoms with Gasteiger partial charge in [0.05, 0.1) is 5.02 Å². The van der Waals surface area contributed by atoms with Gasteiger partial charge in [0.1, 0.15) is 10.8 Å². The summed E-state index contributed by atoms with van der Waals surface area (Å²) in [6.45, 7) is 3.78. The van der Waals surface area contributed by atoms with Crippen LogP contribution in [0.5, 0.6) is 0 Å². The summed E-state index contributed by atoms with van der Waals surface area (Å²) in [6, 6.07) is 14.1. The van der Waals surface area contributed by atoms with Crippen LogP contribution >= 0.6 is 46.8 Å². The molecule has 0 aliphatic rings. The molecule has 0 atom stereocenters. The second-order valence-corrected chi connectivity index (χ2v) is 9.78. The molecule has 0 bridgehead atoms. The van der Waals surface area contributed by atoms with Gasteiger partial charge in [-0.05, 0) is 68.0 Å². The zero-order valence-electron chi connectivity index (χ0n) is 18.3. The van der Waals surface area contributed by atoms with Crippen LogP contribution in [0.25, 0.3) is 26.9 Å². The number of nitrogens with one attached hydrogen (secondary N) is 2. The maximum Gasteiger partial charge on any atom is 0.293 e. The fraction of sp³-hybridized carbons (Fsp3) is 0.0870. The number of amides is 1. The third kappa shape index (κ3) is 4.78. The van der Waals surface area contributed by atoms with Gasteiger partial charge in [-0.3, -0.25) is 10.1 Å². The van der Waals surface area contributed by atoms with Gasteiger partial charge in [0.15, 0.2) is 16.7 Å². The number of halogens is 2. The molecule has 5 aromatic rings. The highest BCUT2D eigenvalue weighted by atomic mass is 35.5. The third-order valence-corrected chi connectivity index (χ3v) is 6.83. The van der Waals surface area contributed by atoms with Gasteiger partial charge >= 0.3 is 0 Å². The van der Waals surface area contributed by atoms with Gasteiger partial charge in [0.25, 0.3) is 5.91 Å². The topological polar surface area (TPSA) is 97.4 Å². The summed E-state index contributed by atoms with van der Waals surface area (Å²) >= 11 is 19.0. The summed E-state index contributed by atoms with van der Waals surface area (Å²) in [5.74, 6) is 0.767. The second-order valence-electron chi connectivity index (χ2n) is 7.57. The maximum absolute atomic E-state index is 12.7. The van der Waals surface area contributed by atoms with Crippen molar-refractivity contribution in [1.29, 1.82) is 0 Å². The van der Waals surface area contributed by atoms with E-state index in [-0.39, 0.29) is 10.9 Å². The minimum atomic E-state index is -0.489. The molecular formula is C23H16Cl2N6O2S2. The number of fused-ring (bicyclic) bond motifs is 1. The van der Waals surface area contributed by atoms with Crippen molar-refractivity contribution in [3.8, 4) is 21.9 Å². The van der Waals surface area contributed by atoms with E-state index in [0.717, 1.165) is 27.6 Å². The standard InChI is InChI=1S/C23H16Cl2N6O2S2/c1-11-3-4-13(21-30-31-12(2)28-29-23(31)35-21)9-17(11)26-22(34)27-20(32)19-8-7-18(33-19)15-6-5-14(24)10-16(15)25/h3-10H,1-2H3,(H2,26,27,32,34). The van der Waals surface area contributed by atoms with E-state index in [2.05, 4.69) is 25.9 Å². The van der Waals surface area contributed by atoms with Crippen LogP contribution < -0.4 is 10.6 Å². The maximum atomic E-state index is 12.7. The number of carbonyl (C=O) groups excluding carboxylic acids is 1. The predicted molar refractivity (Wildman–Crippen MR) is 141 cm³/mol. The Labute approximate surface area is 218 Å². The van der Waals surface area contributed by atoms with E-state index >= 15 is 0 Å². The van der Waals surface area contributed by atoms with Crippen LogP contribution in [0.1, 0.15) is 21.9 Å². The predicted octanol–water partition coefficient (Wildman–Crippen LogP) is 6.16. The number of nitrogens with zero attached hydrogens (tertiary/aromatic N) is 4. The van der Waals surface area contributed by atoms with Crippen molar-refractivity contribution < 1.29 is 9.21 Å². The summed E-state index contributed by atoms with van der Waals surface area (Å²) in [6.07, 6.45) is 0. The Balaban J connectivity index is 1.30. The molecule has 0 saturated heterocycles. The molecule has 12 heteroatoms. The molecule has 0 fully saturated rings. The number of aromatic nitrogens is 4. The zero-order chi connectivity index (χ0) is 24.7. The number of anilines is 1. The monoisotopic (exact) mass is 542 g/mol. The van der Waals surface area contributed by atoms with Crippen molar-refractivity contribution in [3.05, 3.63) is 75.7 Å². The number of hydrogen-bond donors (Lipinski definition) is 2. The lowest BCUT2D eigenvalue weighted by Crippen LogP contribution is -2.34. The molecule has 0 aliphatic heterocycles. The van der Waals surface area contributed by atoms with Gasteiger partial charge in [-0.25, -0.2) is 0 Å². The lowest BCUT2D eigenvalue weighted by molar-refractivity contribution is 0.0951. The molecule has 3 aromatic heterocycles. The Morgan fingerprint density at radius 1 is 1.09 bits per heavy atom. The van der Waals surface area contributed by atoms with Crippen LogP contribution in [-0.2, 0) is 0 Å². The lowest BCUT2D eigenvalue weighted by atomic mass is 10.1. The Morgan fingerprint density at radius 3 is 2.69 bits per heavy atom. The van der Waals surface area contributed by atoms with Crippen molar-refractivity contribution in [2.45, 2.75) is 13.8 Å². The molecule has 35 heavy (non-hydrogen) atoms. The second kappa shape index (κ2) is 9.38. The first-order valence-electron chi connectivity index (χ1n) is 10.3. The highest BCUT2D eigenvalue weighted by molar-refractivity contribution is 7.80. The van der Waals surface area contributed by atoms with Gasteiger partial charge in [-0.1, -0.05) is 46.7 Å². The average Bonchev–Trinajstić information content (AvgIpc) is 3.53. The van der Waals surface area contributed by atoms with Gasteiger partial charge in [-0.15, -0.1) is 10.2 Å². The Bertz CT molecular complexity index is 1610. The number of furan rings is 1. The van der Waals surface area contributed by atoms with Crippen LogP contribution in [0.4, 0.5) is 5.69 Å². The SMILES string of the molecule is Cc1ccc(-c2nn3c(C)nnc3s2)cc1NC(=S)NC(=O)c1ccc(-c2ccc(Cl)cc2Cl)o1. The normalized spacial score (nSPS) is 11.1. The van der Waals surface area contributed by atoms with Crippen LogP contribution in [0, 0.1) is 13.8 Å². The molecule has 2 N–H and O–H groups in total. The molecular weight excluding hydrogens is 527 g/mol. The number of hydrogen-bond acceptors (Lipinski definition) is 7. The molecule has 0 radical (unpaired) electrons. The molecule has 176 valence electrons. The number of thiocarbonyl (C=S) groups is 1. The van der Waals surface area contributed by atoms with Gasteiger partial charge in [0.2, 0.25) is 4.96 Å². The summed E-state index contributed by atoms with van der Waals surface area (Å²) in [5, 5.41) is 20.3. The Hall–Kier alpha value is -3.31. The molecule has 0 saturated carbocycles. The van der Waals surface area contributed by atoms with Gasteiger partial charge in [-0.2, -0.15) is 9.61 Å². The van der Waals surface area contributed by atoms with Crippen molar-refractivity contribution in [3.63, 3.8) is 0 Å². The van der Waals surface area contributed by atoms with E-state index < -0.39 is 5.91 Å². The largest absolute Gasteiger partial charge is 0.451 e. The van der Waals surface area contributed by atoms with Crippen LogP contribution in [0.15, 0.2) is 52.9 Å². The molecule has 5 rings (SSSR count). The summed E-state index contributed by atoms with van der Waals surface area (Å²) < 4.78 is 7.39. The smallest absolute Gasteiger partial charge is 0.293 e. The molecule has 0 aliphatic carbocycles. The first-order chi connectivity index (χ1) is 16.8. The number of aryl methyl sites for hydroxylation is 2. The Morgan fingerprint density at radius 2 is 1.91 bits per heavy atom. The van der Waals surface area contributed by atoms with E-state index in [1.54, 1.807) is 34.8 Å². The average molecular weight is 543 g/mol. The highest BCUT2D eigenvalue weighted by Crippen LogP contribution is 2.32. The molecule has 0 unspecified atom stereocenters. The molecule has 0 spiro atoms. The highest BCUT2D eigenvalue weighted by Gasteiger charge is 2.17. The lowest BCUT2D eigenvalue weighted by Gasteiger charge is -2.12. The quantitative estimate of drug-likeness (QED) is 0.262. The summed E-state index contributed by atoms with van der Waals surface area (Å²) in [5.41, 5.74) is 3.20. The van der Waals surface area contributed by atoms with E-state index in [9.17, 15) is 4.79 Å². The zero-order valence-corrected chi connectivity index (χ0v) is 21.4. The third-order valence-electron chi connectivity index (χ3n) is 5.13.